The van der Waals surface area contributed by atoms with Crippen LogP contribution in [0.25, 0.3) is 0 Å². The maximum Gasteiger partial charge on any atom is 0.226 e. The van der Waals surface area contributed by atoms with E-state index < -0.39 is 0 Å². The van der Waals surface area contributed by atoms with Crippen LogP contribution in [0.1, 0.15) is 46.5 Å². The first-order chi connectivity index (χ1) is 7.09. The van der Waals surface area contributed by atoms with Crippen molar-refractivity contribution < 1.29 is 4.79 Å². The fraction of sp³-hybridized carbons (Fsp3) is 0.917. The Morgan fingerprint density at radius 1 is 1.47 bits per heavy atom. The fourth-order valence-corrected chi connectivity index (χ4v) is 2.47. The lowest BCUT2D eigenvalue weighted by Crippen LogP contribution is -2.51. The van der Waals surface area contributed by atoms with Crippen molar-refractivity contribution >= 4 is 5.91 Å². The van der Waals surface area contributed by atoms with E-state index >= 15 is 0 Å². The summed E-state index contributed by atoms with van der Waals surface area (Å²) in [5.74, 6) is 0.499. The van der Waals surface area contributed by atoms with E-state index in [9.17, 15) is 4.79 Å². The molecule has 1 saturated heterocycles. The highest BCUT2D eigenvalue weighted by atomic mass is 16.2. The van der Waals surface area contributed by atoms with Gasteiger partial charge in [0, 0.05) is 19.0 Å². The summed E-state index contributed by atoms with van der Waals surface area (Å²) in [4.78, 5) is 14.3. The van der Waals surface area contributed by atoms with Crippen LogP contribution in [0.15, 0.2) is 0 Å². The van der Waals surface area contributed by atoms with Crippen molar-refractivity contribution in [2.75, 3.05) is 13.1 Å². The number of carbonyl (C=O) groups excluding carboxylic acids is 1. The minimum Gasteiger partial charge on any atom is -0.336 e. The summed E-state index contributed by atoms with van der Waals surface area (Å²) >= 11 is 0. The molecule has 0 radical (unpaired) electrons. The number of amides is 1. The lowest BCUT2D eigenvalue weighted by Gasteiger charge is -2.36. The van der Waals surface area contributed by atoms with E-state index in [2.05, 4.69) is 20.8 Å². The van der Waals surface area contributed by atoms with Crippen molar-refractivity contribution in [2.45, 2.75) is 52.0 Å². The Morgan fingerprint density at radius 3 is 2.53 bits per heavy atom. The Bertz CT molecular complexity index is 226. The van der Waals surface area contributed by atoms with Crippen LogP contribution in [0.3, 0.4) is 0 Å². The van der Waals surface area contributed by atoms with Gasteiger partial charge >= 0.3 is 0 Å². The van der Waals surface area contributed by atoms with E-state index in [0.717, 1.165) is 32.2 Å². The largest absolute Gasteiger partial charge is 0.336 e. The van der Waals surface area contributed by atoms with Crippen LogP contribution in [-0.4, -0.2) is 29.4 Å². The Labute approximate surface area is 93.0 Å². The minimum atomic E-state index is -0.0837. The molecule has 3 nitrogen and oxygen atoms in total. The molecule has 3 heteroatoms. The first-order valence-corrected chi connectivity index (χ1v) is 6.10. The number of hydrogen-bond donors (Lipinski definition) is 1. The summed E-state index contributed by atoms with van der Waals surface area (Å²) < 4.78 is 0. The molecule has 1 amide bonds. The molecule has 15 heavy (non-hydrogen) atoms. The zero-order chi connectivity index (χ0) is 11.5. The maximum absolute atomic E-state index is 12.3. The molecule has 0 aromatic rings. The quantitative estimate of drug-likeness (QED) is 0.772. The predicted octanol–water partition coefficient (Wildman–Crippen LogP) is 1.76. The molecule has 0 bridgehead atoms. The molecule has 0 aromatic carbocycles. The highest BCUT2D eigenvalue weighted by Crippen LogP contribution is 2.30. The summed E-state index contributed by atoms with van der Waals surface area (Å²) in [6, 6.07) is 0. The van der Waals surface area contributed by atoms with E-state index in [1.165, 1.54) is 0 Å². The van der Waals surface area contributed by atoms with E-state index in [0.29, 0.717) is 12.5 Å². The van der Waals surface area contributed by atoms with Gasteiger partial charge in [0.05, 0.1) is 5.54 Å². The van der Waals surface area contributed by atoms with Crippen molar-refractivity contribution in [2.24, 2.45) is 11.7 Å². The third-order valence-electron chi connectivity index (χ3n) is 3.79. The average Bonchev–Trinajstić information content (AvgIpc) is 2.63. The van der Waals surface area contributed by atoms with Crippen LogP contribution in [0.2, 0.25) is 0 Å². The van der Waals surface area contributed by atoms with Crippen LogP contribution >= 0.6 is 0 Å². The second-order valence-corrected chi connectivity index (χ2v) is 4.81. The number of carbonyl (C=O) groups is 1. The minimum absolute atomic E-state index is 0.0837. The molecule has 88 valence electrons. The first-order valence-electron chi connectivity index (χ1n) is 6.10. The number of likely N-dealkylation sites (tertiary alicyclic amines) is 1. The Kier molecular flexibility index (Phi) is 4.14. The van der Waals surface area contributed by atoms with Crippen LogP contribution in [0.4, 0.5) is 0 Å². The molecule has 1 atom stereocenters. The second-order valence-electron chi connectivity index (χ2n) is 4.81. The summed E-state index contributed by atoms with van der Waals surface area (Å²) in [7, 11) is 0. The van der Waals surface area contributed by atoms with Gasteiger partial charge in [-0.3, -0.25) is 4.79 Å². The van der Waals surface area contributed by atoms with Crippen molar-refractivity contribution in [3.63, 3.8) is 0 Å². The van der Waals surface area contributed by atoms with Crippen molar-refractivity contribution in [3.05, 3.63) is 0 Å². The Hall–Kier alpha value is -0.570. The van der Waals surface area contributed by atoms with Gasteiger partial charge in [-0.05, 0) is 32.6 Å². The number of rotatable bonds is 4. The van der Waals surface area contributed by atoms with Crippen LogP contribution < -0.4 is 5.73 Å². The molecular formula is C12H24N2O. The summed E-state index contributed by atoms with van der Waals surface area (Å²) in [5.41, 5.74) is 5.70. The molecule has 1 unspecified atom stereocenters. The van der Waals surface area contributed by atoms with Gasteiger partial charge in [0.25, 0.3) is 0 Å². The molecule has 2 N–H and O–H groups in total. The van der Waals surface area contributed by atoms with Gasteiger partial charge < -0.3 is 10.6 Å². The smallest absolute Gasteiger partial charge is 0.226 e. The first kappa shape index (κ1) is 12.5. The van der Waals surface area contributed by atoms with E-state index in [-0.39, 0.29) is 11.5 Å². The van der Waals surface area contributed by atoms with Gasteiger partial charge in [-0.25, -0.2) is 0 Å². The van der Waals surface area contributed by atoms with Gasteiger partial charge in [-0.2, -0.15) is 0 Å². The van der Waals surface area contributed by atoms with E-state index in [1.54, 1.807) is 0 Å². The average molecular weight is 212 g/mol. The SMILES string of the molecule is CCC(CC)C(=O)N1CCCC1(C)CN. The van der Waals surface area contributed by atoms with Gasteiger partial charge in [-0.1, -0.05) is 13.8 Å². The van der Waals surface area contributed by atoms with Crippen molar-refractivity contribution in [1.82, 2.24) is 4.90 Å². The number of nitrogens with two attached hydrogens (primary N) is 1. The second kappa shape index (κ2) is 4.97. The zero-order valence-electron chi connectivity index (χ0n) is 10.3. The number of nitrogens with zero attached hydrogens (tertiary/aromatic N) is 1. The molecule has 1 rings (SSSR count). The molecule has 0 saturated carbocycles. The van der Waals surface area contributed by atoms with Crippen LogP contribution in [0.5, 0.6) is 0 Å². The summed E-state index contributed by atoms with van der Waals surface area (Å²) in [5, 5.41) is 0. The van der Waals surface area contributed by atoms with Crippen molar-refractivity contribution in [1.29, 1.82) is 0 Å². The van der Waals surface area contributed by atoms with Crippen LogP contribution in [0, 0.1) is 5.92 Å². The van der Waals surface area contributed by atoms with Gasteiger partial charge in [0.2, 0.25) is 5.91 Å². The summed E-state index contributed by atoms with van der Waals surface area (Å²) in [6.07, 6.45) is 4.02. The maximum atomic E-state index is 12.3. The molecule has 0 aliphatic carbocycles. The molecule has 0 spiro atoms. The molecule has 0 aromatic heterocycles. The van der Waals surface area contributed by atoms with Crippen molar-refractivity contribution in [3.8, 4) is 0 Å². The van der Waals surface area contributed by atoms with E-state index in [4.69, 9.17) is 5.73 Å². The predicted molar refractivity (Wildman–Crippen MR) is 62.5 cm³/mol. The number of hydrogen-bond acceptors (Lipinski definition) is 2. The fourth-order valence-electron chi connectivity index (χ4n) is 2.47. The van der Waals surface area contributed by atoms with Gasteiger partial charge in [0.1, 0.15) is 0 Å². The lowest BCUT2D eigenvalue weighted by molar-refractivity contribution is -0.139. The highest BCUT2D eigenvalue weighted by molar-refractivity contribution is 5.79. The normalized spacial score (nSPS) is 26.3. The third kappa shape index (κ3) is 2.33. The van der Waals surface area contributed by atoms with Gasteiger partial charge in [0.15, 0.2) is 0 Å². The summed E-state index contributed by atoms with van der Waals surface area (Å²) in [6.45, 7) is 7.76. The Morgan fingerprint density at radius 2 is 2.07 bits per heavy atom. The lowest BCUT2D eigenvalue weighted by atomic mass is 9.95. The third-order valence-corrected chi connectivity index (χ3v) is 3.79. The van der Waals surface area contributed by atoms with Gasteiger partial charge in [-0.15, -0.1) is 0 Å². The molecule has 1 aliphatic heterocycles. The van der Waals surface area contributed by atoms with E-state index in [1.807, 2.05) is 4.90 Å². The standard InChI is InChI=1S/C12H24N2O/c1-4-10(5-2)11(15)14-8-6-7-12(14,3)9-13/h10H,4-9,13H2,1-3H3. The molecule has 1 fully saturated rings. The monoisotopic (exact) mass is 212 g/mol. The molecule has 1 aliphatic rings. The highest BCUT2D eigenvalue weighted by Gasteiger charge is 2.39. The zero-order valence-corrected chi connectivity index (χ0v) is 10.3. The molecular weight excluding hydrogens is 188 g/mol. The Balaban J connectivity index is 2.74. The van der Waals surface area contributed by atoms with Crippen LogP contribution in [-0.2, 0) is 4.79 Å². The topological polar surface area (TPSA) is 46.3 Å². The molecule has 1 heterocycles.